The van der Waals surface area contributed by atoms with Crippen molar-refractivity contribution in [3.05, 3.63) is 48.0 Å². The molecule has 1 unspecified atom stereocenters. The van der Waals surface area contributed by atoms with E-state index in [4.69, 9.17) is 0 Å². The molecule has 1 aromatic carbocycles. The highest BCUT2D eigenvalue weighted by Crippen LogP contribution is 2.60. The van der Waals surface area contributed by atoms with E-state index in [2.05, 4.69) is 12.2 Å². The predicted octanol–water partition coefficient (Wildman–Crippen LogP) is 4.88. The smallest absolute Gasteiger partial charge is 0.0824 e. The maximum Gasteiger partial charge on any atom is 0.0824 e. The lowest BCUT2D eigenvalue weighted by molar-refractivity contribution is -0.0239. The minimum atomic E-state index is -0.351. The zero-order valence-electron chi connectivity index (χ0n) is 12.7. The topological polar surface area (TPSA) is 20.2 Å². The normalized spacial score (nSPS) is 39.0. The second-order valence-electron chi connectivity index (χ2n) is 7.84. The largest absolute Gasteiger partial charge is 0.388 e. The summed E-state index contributed by atoms with van der Waals surface area (Å²) in [6.45, 7) is 0. The van der Waals surface area contributed by atoms with Crippen LogP contribution in [0.25, 0.3) is 0 Å². The number of aliphatic hydroxyl groups is 1. The van der Waals surface area contributed by atoms with Crippen LogP contribution in [0.5, 0.6) is 0 Å². The summed E-state index contributed by atoms with van der Waals surface area (Å²) in [6.07, 6.45) is 13.9. The Hall–Kier alpha value is -1.08. The molecular formula is C20H26O. The van der Waals surface area contributed by atoms with E-state index in [0.717, 1.165) is 29.7 Å². The third kappa shape index (κ3) is 2.68. The summed E-state index contributed by atoms with van der Waals surface area (Å²) < 4.78 is 0. The van der Waals surface area contributed by atoms with Crippen molar-refractivity contribution in [1.29, 1.82) is 0 Å². The molecule has 0 aliphatic heterocycles. The van der Waals surface area contributed by atoms with Crippen molar-refractivity contribution in [2.75, 3.05) is 0 Å². The van der Waals surface area contributed by atoms with Gasteiger partial charge in [-0.05, 0) is 73.7 Å². The Morgan fingerprint density at radius 3 is 2.14 bits per heavy atom. The van der Waals surface area contributed by atoms with E-state index in [0.29, 0.717) is 5.41 Å². The van der Waals surface area contributed by atoms with Gasteiger partial charge in [-0.2, -0.15) is 0 Å². The summed E-state index contributed by atoms with van der Waals surface area (Å²) in [5, 5.41) is 10.3. The molecule has 0 amide bonds. The summed E-state index contributed by atoms with van der Waals surface area (Å²) >= 11 is 0. The number of allylic oxidation sites excluding steroid dienone is 1. The lowest BCUT2D eigenvalue weighted by Gasteiger charge is -2.56. The molecule has 4 aliphatic rings. The first-order chi connectivity index (χ1) is 10.2. The Morgan fingerprint density at radius 2 is 1.57 bits per heavy atom. The first kappa shape index (κ1) is 13.6. The van der Waals surface area contributed by atoms with Crippen LogP contribution in [0.15, 0.2) is 42.5 Å². The molecule has 4 fully saturated rings. The van der Waals surface area contributed by atoms with Gasteiger partial charge in [0, 0.05) is 0 Å². The minimum Gasteiger partial charge on any atom is -0.388 e. The molecule has 1 N–H and O–H groups in total. The number of hydrogen-bond donors (Lipinski definition) is 1. The fourth-order valence-corrected chi connectivity index (χ4v) is 5.64. The van der Waals surface area contributed by atoms with E-state index in [-0.39, 0.29) is 6.10 Å². The van der Waals surface area contributed by atoms with Gasteiger partial charge in [0.2, 0.25) is 0 Å². The lowest BCUT2D eigenvalue weighted by Crippen LogP contribution is -2.44. The molecule has 4 aliphatic carbocycles. The highest BCUT2D eigenvalue weighted by atomic mass is 16.3. The number of hydrogen-bond acceptors (Lipinski definition) is 1. The molecule has 0 aromatic heterocycles. The summed E-state index contributed by atoms with van der Waals surface area (Å²) in [4.78, 5) is 0. The Morgan fingerprint density at radius 1 is 1.00 bits per heavy atom. The van der Waals surface area contributed by atoms with Gasteiger partial charge < -0.3 is 5.11 Å². The molecule has 0 heterocycles. The summed E-state index contributed by atoms with van der Waals surface area (Å²) in [7, 11) is 0. The van der Waals surface area contributed by atoms with Crippen molar-refractivity contribution in [2.24, 2.45) is 23.2 Å². The third-order valence-electron chi connectivity index (χ3n) is 6.10. The molecular weight excluding hydrogens is 256 g/mol. The molecule has 0 radical (unpaired) electrons. The van der Waals surface area contributed by atoms with Gasteiger partial charge in [0.25, 0.3) is 0 Å². The summed E-state index contributed by atoms with van der Waals surface area (Å²) in [5.74, 6) is 3.00. The fourth-order valence-electron chi connectivity index (χ4n) is 5.64. The zero-order chi connectivity index (χ0) is 14.3. The Labute approximate surface area is 128 Å². The average molecular weight is 282 g/mol. The van der Waals surface area contributed by atoms with Gasteiger partial charge in [-0.3, -0.25) is 0 Å². The predicted molar refractivity (Wildman–Crippen MR) is 85.8 cm³/mol. The van der Waals surface area contributed by atoms with Crippen LogP contribution in [-0.2, 0) is 0 Å². The Kier molecular flexibility index (Phi) is 3.41. The van der Waals surface area contributed by atoms with Gasteiger partial charge in [0.15, 0.2) is 0 Å². The van der Waals surface area contributed by atoms with Crippen molar-refractivity contribution < 1.29 is 5.11 Å². The van der Waals surface area contributed by atoms with E-state index in [1.54, 1.807) is 0 Å². The van der Waals surface area contributed by atoms with Gasteiger partial charge in [0.1, 0.15) is 0 Å². The van der Waals surface area contributed by atoms with E-state index in [9.17, 15) is 5.11 Å². The monoisotopic (exact) mass is 282 g/mol. The lowest BCUT2D eigenvalue weighted by atomic mass is 9.49. The first-order valence-corrected chi connectivity index (χ1v) is 8.63. The molecule has 0 spiro atoms. The first-order valence-electron chi connectivity index (χ1n) is 8.63. The molecule has 1 nitrogen and oxygen atoms in total. The molecule has 1 atom stereocenters. The van der Waals surface area contributed by atoms with Gasteiger partial charge >= 0.3 is 0 Å². The van der Waals surface area contributed by atoms with Crippen LogP contribution in [0, 0.1) is 23.2 Å². The standard InChI is InChI=1S/C20H26O/c21-19(18-5-2-1-3-6-18)7-4-8-20-12-15-9-16(13-20)11-17(10-15)14-20/h1-6,8,15-17,19,21H,7,9-14H2/b8-4+. The average Bonchev–Trinajstić information content (AvgIpc) is 2.46. The second kappa shape index (κ2) is 5.28. The van der Waals surface area contributed by atoms with Crippen molar-refractivity contribution >= 4 is 0 Å². The second-order valence-corrected chi connectivity index (χ2v) is 7.84. The van der Waals surface area contributed by atoms with Gasteiger partial charge in [-0.25, -0.2) is 0 Å². The highest BCUT2D eigenvalue weighted by molar-refractivity contribution is 5.18. The van der Waals surface area contributed by atoms with Gasteiger partial charge in [0.05, 0.1) is 6.10 Å². The Balaban J connectivity index is 1.42. The van der Waals surface area contributed by atoms with Crippen LogP contribution < -0.4 is 0 Å². The highest BCUT2D eigenvalue weighted by Gasteiger charge is 2.49. The van der Waals surface area contributed by atoms with Crippen molar-refractivity contribution in [2.45, 2.75) is 51.0 Å². The molecule has 5 rings (SSSR count). The van der Waals surface area contributed by atoms with Gasteiger partial charge in [-0.1, -0.05) is 42.5 Å². The SMILES string of the molecule is OC(C/C=C/C12CC3CC(CC(C3)C1)C2)c1ccccc1. The molecule has 0 saturated heterocycles. The van der Waals surface area contributed by atoms with Crippen molar-refractivity contribution in [1.82, 2.24) is 0 Å². The molecule has 21 heavy (non-hydrogen) atoms. The van der Waals surface area contributed by atoms with E-state index in [1.165, 1.54) is 38.5 Å². The van der Waals surface area contributed by atoms with Crippen molar-refractivity contribution in [3.63, 3.8) is 0 Å². The van der Waals surface area contributed by atoms with Crippen LogP contribution in [0.1, 0.15) is 56.6 Å². The number of benzene rings is 1. The number of aliphatic hydroxyl groups excluding tert-OH is 1. The van der Waals surface area contributed by atoms with Crippen LogP contribution >= 0.6 is 0 Å². The van der Waals surface area contributed by atoms with Crippen LogP contribution in [-0.4, -0.2) is 5.11 Å². The minimum absolute atomic E-state index is 0.351. The molecule has 4 saturated carbocycles. The van der Waals surface area contributed by atoms with Crippen LogP contribution in [0.2, 0.25) is 0 Å². The van der Waals surface area contributed by atoms with Gasteiger partial charge in [-0.15, -0.1) is 0 Å². The van der Waals surface area contributed by atoms with Crippen LogP contribution in [0.4, 0.5) is 0 Å². The van der Waals surface area contributed by atoms with E-state index >= 15 is 0 Å². The maximum absolute atomic E-state index is 10.3. The van der Waals surface area contributed by atoms with Crippen LogP contribution in [0.3, 0.4) is 0 Å². The molecule has 1 heteroatoms. The molecule has 1 aromatic rings. The molecule has 4 bridgehead atoms. The fraction of sp³-hybridized carbons (Fsp3) is 0.600. The number of rotatable bonds is 4. The summed E-state index contributed by atoms with van der Waals surface area (Å²) in [6, 6.07) is 10.0. The Bertz CT molecular complexity index is 481. The third-order valence-corrected chi connectivity index (χ3v) is 6.10. The zero-order valence-corrected chi connectivity index (χ0v) is 12.7. The van der Waals surface area contributed by atoms with E-state index in [1.807, 2.05) is 30.3 Å². The quantitative estimate of drug-likeness (QED) is 0.780. The summed E-state index contributed by atoms with van der Waals surface area (Å²) in [5.41, 5.74) is 1.53. The van der Waals surface area contributed by atoms with E-state index < -0.39 is 0 Å². The van der Waals surface area contributed by atoms with Crippen molar-refractivity contribution in [3.8, 4) is 0 Å². The maximum atomic E-state index is 10.3. The molecule has 112 valence electrons.